The lowest BCUT2D eigenvalue weighted by Gasteiger charge is -2.32. The summed E-state index contributed by atoms with van der Waals surface area (Å²) in [6.45, 7) is -0.986. The van der Waals surface area contributed by atoms with Crippen molar-refractivity contribution in [3.05, 3.63) is 17.7 Å². The highest BCUT2D eigenvalue weighted by molar-refractivity contribution is 5.69. The van der Waals surface area contributed by atoms with Crippen LogP contribution >= 0.6 is 0 Å². The number of cyclic esters (lactones) is 1. The van der Waals surface area contributed by atoms with Crippen LogP contribution in [0.3, 0.4) is 0 Å². The third-order valence-corrected chi connectivity index (χ3v) is 3.10. The summed E-state index contributed by atoms with van der Waals surface area (Å²) in [7, 11) is 4.16. The molecule has 1 N–H and O–H groups in total. The van der Waals surface area contributed by atoms with Crippen LogP contribution < -0.4 is 19.5 Å². The highest BCUT2D eigenvalue weighted by Crippen LogP contribution is 2.43. The molecule has 0 unspecified atom stereocenters. The van der Waals surface area contributed by atoms with E-state index < -0.39 is 24.7 Å². The summed E-state index contributed by atoms with van der Waals surface area (Å²) >= 11 is 0. The first-order valence-corrected chi connectivity index (χ1v) is 6.04. The number of carbonyl (C=O) groups is 1. The van der Waals surface area contributed by atoms with Crippen molar-refractivity contribution in [3.8, 4) is 17.2 Å². The van der Waals surface area contributed by atoms with Gasteiger partial charge in [0.25, 0.3) is 0 Å². The average Bonchev–Trinajstić information content (AvgIpc) is 2.48. The second-order valence-electron chi connectivity index (χ2n) is 4.37. The Labute approximate surface area is 119 Å². The monoisotopic (exact) mass is 303 g/mol. The maximum absolute atomic E-state index is 13.9. The minimum Gasteiger partial charge on any atom is -0.493 e. The Bertz CT molecular complexity index is 524. The van der Waals surface area contributed by atoms with Gasteiger partial charge in [-0.3, -0.25) is 0 Å². The lowest BCUT2D eigenvalue weighted by Crippen LogP contribution is -2.49. The van der Waals surface area contributed by atoms with E-state index in [0.29, 0.717) is 0 Å². The molecule has 6 nitrogen and oxygen atoms in total. The summed E-state index contributed by atoms with van der Waals surface area (Å²) in [5, 5.41) is 2.10. The predicted octanol–water partition coefficient (Wildman–Crippen LogP) is 2.13. The number of ether oxygens (including phenoxy) is 4. The number of halogens is 2. The van der Waals surface area contributed by atoms with E-state index in [9.17, 15) is 13.6 Å². The number of rotatable bonds is 4. The zero-order valence-electron chi connectivity index (χ0n) is 11.7. The Balaban J connectivity index is 2.50. The Morgan fingerprint density at radius 1 is 1.19 bits per heavy atom. The number of alkyl halides is 2. The molecule has 1 aromatic carbocycles. The van der Waals surface area contributed by atoms with Crippen LogP contribution in [-0.4, -0.2) is 40.0 Å². The fraction of sp³-hybridized carbons (Fsp3) is 0.462. The van der Waals surface area contributed by atoms with E-state index in [0.717, 1.165) is 0 Å². The van der Waals surface area contributed by atoms with E-state index in [2.05, 4.69) is 10.1 Å². The van der Waals surface area contributed by atoms with Crippen LogP contribution in [0.4, 0.5) is 13.6 Å². The third kappa shape index (κ3) is 2.79. The number of amides is 1. The van der Waals surface area contributed by atoms with Gasteiger partial charge in [0.2, 0.25) is 5.75 Å². The fourth-order valence-electron chi connectivity index (χ4n) is 2.11. The largest absolute Gasteiger partial charge is 0.493 e. The lowest BCUT2D eigenvalue weighted by molar-refractivity contribution is -0.104. The molecule has 0 spiro atoms. The zero-order chi connectivity index (χ0) is 15.6. The van der Waals surface area contributed by atoms with Gasteiger partial charge in [-0.25, -0.2) is 13.6 Å². The van der Waals surface area contributed by atoms with Gasteiger partial charge in [0.05, 0.1) is 21.3 Å². The van der Waals surface area contributed by atoms with E-state index in [1.165, 1.54) is 33.5 Å². The van der Waals surface area contributed by atoms with Gasteiger partial charge in [0, 0.05) is 0 Å². The van der Waals surface area contributed by atoms with E-state index in [4.69, 9.17) is 14.2 Å². The summed E-state index contributed by atoms with van der Waals surface area (Å²) in [6.07, 6.45) is -0.903. The van der Waals surface area contributed by atoms with E-state index in [1.807, 2.05) is 0 Å². The van der Waals surface area contributed by atoms with Crippen LogP contribution in [0.25, 0.3) is 0 Å². The van der Waals surface area contributed by atoms with Crippen LogP contribution in [0.15, 0.2) is 12.1 Å². The molecule has 1 aliphatic heterocycles. The minimum atomic E-state index is -3.25. The molecule has 0 radical (unpaired) electrons. The summed E-state index contributed by atoms with van der Waals surface area (Å²) in [5.74, 6) is -2.52. The Hall–Kier alpha value is -2.25. The average molecular weight is 303 g/mol. The van der Waals surface area contributed by atoms with Crippen molar-refractivity contribution in [1.29, 1.82) is 0 Å². The van der Waals surface area contributed by atoms with E-state index >= 15 is 0 Å². The number of carbonyl (C=O) groups excluding carboxylic acids is 1. The van der Waals surface area contributed by atoms with Crippen molar-refractivity contribution in [2.75, 3.05) is 27.9 Å². The highest BCUT2D eigenvalue weighted by Gasteiger charge is 2.47. The molecule has 1 aromatic rings. The first kappa shape index (κ1) is 15.1. The van der Waals surface area contributed by atoms with Gasteiger partial charge in [0.1, 0.15) is 6.04 Å². The normalized spacial score (nSPS) is 20.2. The Morgan fingerprint density at radius 3 is 2.24 bits per heavy atom. The standard InChI is InChI=1S/C13H15F2NO5/c1-18-8-4-7(5-9(19-2)10(8)20-3)11-13(14,15)6-21-12(17)16-11/h4-5,11H,6H2,1-3H3,(H,16,17)/t11-/m0/s1. The van der Waals surface area contributed by atoms with Crippen molar-refractivity contribution in [2.24, 2.45) is 0 Å². The predicted molar refractivity (Wildman–Crippen MR) is 68.3 cm³/mol. The molecule has 0 aliphatic carbocycles. The molecule has 0 bridgehead atoms. The minimum absolute atomic E-state index is 0.131. The van der Waals surface area contributed by atoms with Gasteiger partial charge in [-0.1, -0.05) is 0 Å². The van der Waals surface area contributed by atoms with Crippen LogP contribution in [0.1, 0.15) is 11.6 Å². The van der Waals surface area contributed by atoms with Crippen LogP contribution in [-0.2, 0) is 4.74 Å². The van der Waals surface area contributed by atoms with E-state index in [1.54, 1.807) is 0 Å². The number of methoxy groups -OCH3 is 3. The molecular formula is C13H15F2NO5. The molecule has 2 rings (SSSR count). The Morgan fingerprint density at radius 2 is 1.76 bits per heavy atom. The zero-order valence-corrected chi connectivity index (χ0v) is 11.7. The van der Waals surface area contributed by atoms with Gasteiger partial charge in [-0.15, -0.1) is 0 Å². The third-order valence-electron chi connectivity index (χ3n) is 3.10. The molecule has 0 aromatic heterocycles. The molecule has 8 heteroatoms. The maximum atomic E-state index is 13.9. The van der Waals surface area contributed by atoms with Crippen LogP contribution in [0, 0.1) is 0 Å². The fourth-order valence-corrected chi connectivity index (χ4v) is 2.11. The summed E-state index contributed by atoms with van der Waals surface area (Å²) in [4.78, 5) is 11.2. The topological polar surface area (TPSA) is 66.0 Å². The second-order valence-corrected chi connectivity index (χ2v) is 4.37. The smallest absolute Gasteiger partial charge is 0.408 e. The van der Waals surface area contributed by atoms with Crippen molar-refractivity contribution in [1.82, 2.24) is 5.32 Å². The van der Waals surface area contributed by atoms with Crippen LogP contribution in [0.2, 0.25) is 0 Å². The van der Waals surface area contributed by atoms with E-state index in [-0.39, 0.29) is 22.8 Å². The van der Waals surface area contributed by atoms with Gasteiger partial charge >= 0.3 is 12.0 Å². The molecule has 1 amide bonds. The molecule has 1 heterocycles. The van der Waals surface area contributed by atoms with Gasteiger partial charge in [-0.05, 0) is 17.7 Å². The van der Waals surface area contributed by atoms with Crippen molar-refractivity contribution >= 4 is 6.09 Å². The summed E-state index contributed by atoms with van der Waals surface area (Å²) in [5.41, 5.74) is 0.131. The van der Waals surface area contributed by atoms with Crippen molar-refractivity contribution in [2.45, 2.75) is 12.0 Å². The number of hydrogen-bond donors (Lipinski definition) is 1. The molecule has 116 valence electrons. The quantitative estimate of drug-likeness (QED) is 0.923. The maximum Gasteiger partial charge on any atom is 0.408 e. The van der Waals surface area contributed by atoms with Crippen molar-refractivity contribution in [3.63, 3.8) is 0 Å². The molecule has 1 saturated heterocycles. The van der Waals surface area contributed by atoms with Crippen molar-refractivity contribution < 1.29 is 32.5 Å². The summed E-state index contributed by atoms with van der Waals surface area (Å²) < 4.78 is 47.5. The SMILES string of the molecule is COc1cc([C@@H]2NC(=O)OCC2(F)F)cc(OC)c1OC. The highest BCUT2D eigenvalue weighted by atomic mass is 19.3. The number of alkyl carbamates (subject to hydrolysis) is 1. The molecule has 1 aliphatic rings. The number of hydrogen-bond acceptors (Lipinski definition) is 5. The summed E-state index contributed by atoms with van der Waals surface area (Å²) in [6, 6.07) is 1.20. The van der Waals surface area contributed by atoms with Gasteiger partial charge < -0.3 is 24.3 Å². The number of benzene rings is 1. The first-order valence-electron chi connectivity index (χ1n) is 6.04. The van der Waals surface area contributed by atoms with Gasteiger partial charge in [-0.2, -0.15) is 0 Å². The lowest BCUT2D eigenvalue weighted by atomic mass is 9.99. The Kier molecular flexibility index (Phi) is 4.06. The second kappa shape index (κ2) is 5.63. The van der Waals surface area contributed by atoms with Crippen LogP contribution in [0.5, 0.6) is 17.2 Å². The first-order chi connectivity index (χ1) is 9.92. The molecule has 21 heavy (non-hydrogen) atoms. The molecule has 1 atom stereocenters. The molecule has 1 fully saturated rings. The molecule has 0 saturated carbocycles. The molecular weight excluding hydrogens is 288 g/mol. The van der Waals surface area contributed by atoms with Gasteiger partial charge in [0.15, 0.2) is 18.1 Å². The number of nitrogens with one attached hydrogen (secondary N) is 1.